The maximum absolute atomic E-state index is 11.8. The average molecular weight is 226 g/mol. The summed E-state index contributed by atoms with van der Waals surface area (Å²) >= 11 is 0. The van der Waals surface area contributed by atoms with Gasteiger partial charge in [0.1, 0.15) is 0 Å². The second-order valence-electron chi connectivity index (χ2n) is 3.80. The third-order valence-electron chi connectivity index (χ3n) is 1.97. The van der Waals surface area contributed by atoms with Crippen molar-refractivity contribution in [1.82, 2.24) is 5.32 Å². The van der Waals surface area contributed by atoms with Crippen molar-refractivity contribution in [3.63, 3.8) is 0 Å². The summed E-state index contributed by atoms with van der Waals surface area (Å²) in [6.45, 7) is 3.71. The highest BCUT2D eigenvalue weighted by atomic mass is 19.4. The number of nitrogens with two attached hydrogens (primary N) is 1. The largest absolute Gasteiger partial charge is 0.389 e. The molecule has 90 valence electrons. The van der Waals surface area contributed by atoms with Gasteiger partial charge in [-0.2, -0.15) is 13.2 Å². The van der Waals surface area contributed by atoms with E-state index >= 15 is 0 Å². The SMILES string of the molecule is CC(C)C(NCCCC(F)(F)F)C(N)=O. The average Bonchev–Trinajstić information content (AvgIpc) is 2.00. The van der Waals surface area contributed by atoms with Gasteiger partial charge in [0.15, 0.2) is 0 Å². The molecule has 1 atom stereocenters. The number of amides is 1. The molecule has 0 radical (unpaired) electrons. The molecule has 0 bridgehead atoms. The minimum atomic E-state index is -4.14. The first-order chi connectivity index (χ1) is 6.74. The number of halogens is 3. The molecule has 0 saturated heterocycles. The molecule has 0 saturated carbocycles. The molecule has 0 aliphatic rings. The zero-order valence-corrected chi connectivity index (χ0v) is 8.90. The molecule has 1 unspecified atom stereocenters. The van der Waals surface area contributed by atoms with Gasteiger partial charge in [0.2, 0.25) is 5.91 Å². The summed E-state index contributed by atoms with van der Waals surface area (Å²) in [4.78, 5) is 10.9. The lowest BCUT2D eigenvalue weighted by Gasteiger charge is -2.18. The molecular formula is C9H17F3N2O. The second-order valence-corrected chi connectivity index (χ2v) is 3.80. The van der Waals surface area contributed by atoms with Gasteiger partial charge in [0, 0.05) is 6.42 Å². The van der Waals surface area contributed by atoms with Crippen molar-refractivity contribution < 1.29 is 18.0 Å². The zero-order chi connectivity index (χ0) is 12.1. The maximum atomic E-state index is 11.8. The maximum Gasteiger partial charge on any atom is 0.389 e. The highest BCUT2D eigenvalue weighted by Gasteiger charge is 2.26. The van der Waals surface area contributed by atoms with Gasteiger partial charge in [0.25, 0.3) is 0 Å². The molecule has 0 aliphatic heterocycles. The lowest BCUT2D eigenvalue weighted by molar-refractivity contribution is -0.135. The van der Waals surface area contributed by atoms with Crippen LogP contribution in [0.25, 0.3) is 0 Å². The van der Waals surface area contributed by atoms with Crippen molar-refractivity contribution in [3.05, 3.63) is 0 Å². The number of nitrogens with one attached hydrogen (secondary N) is 1. The first kappa shape index (κ1) is 14.2. The Balaban J connectivity index is 3.78. The Bertz CT molecular complexity index is 204. The second kappa shape index (κ2) is 5.95. The fraction of sp³-hybridized carbons (Fsp3) is 0.889. The van der Waals surface area contributed by atoms with Crippen LogP contribution in [0.15, 0.2) is 0 Å². The van der Waals surface area contributed by atoms with Crippen LogP contribution in [-0.2, 0) is 4.79 Å². The zero-order valence-electron chi connectivity index (χ0n) is 8.90. The molecule has 0 spiro atoms. The molecule has 0 aliphatic carbocycles. The fourth-order valence-corrected chi connectivity index (χ4v) is 1.21. The Morgan fingerprint density at radius 2 is 1.93 bits per heavy atom. The number of carbonyl (C=O) groups excluding carboxylic acids is 1. The van der Waals surface area contributed by atoms with Crippen LogP contribution in [0.5, 0.6) is 0 Å². The van der Waals surface area contributed by atoms with E-state index < -0.39 is 24.5 Å². The Labute approximate surface area is 87.2 Å². The Morgan fingerprint density at radius 1 is 1.40 bits per heavy atom. The number of carbonyl (C=O) groups is 1. The molecule has 0 rings (SSSR count). The minimum Gasteiger partial charge on any atom is -0.368 e. The molecule has 3 nitrogen and oxygen atoms in total. The van der Waals surface area contributed by atoms with E-state index in [2.05, 4.69) is 5.32 Å². The van der Waals surface area contributed by atoms with E-state index in [4.69, 9.17) is 5.73 Å². The molecule has 0 aromatic heterocycles. The Hall–Kier alpha value is -0.780. The standard InChI is InChI=1S/C9H17F3N2O/c1-6(2)7(8(13)15)14-5-3-4-9(10,11)12/h6-7,14H,3-5H2,1-2H3,(H2,13,15). The molecule has 0 fully saturated rings. The lowest BCUT2D eigenvalue weighted by atomic mass is 10.0. The van der Waals surface area contributed by atoms with E-state index in [1.54, 1.807) is 13.8 Å². The molecule has 0 aromatic rings. The summed E-state index contributed by atoms with van der Waals surface area (Å²) < 4.78 is 35.3. The summed E-state index contributed by atoms with van der Waals surface area (Å²) in [5, 5.41) is 2.72. The molecule has 0 aromatic carbocycles. The van der Waals surface area contributed by atoms with Crippen LogP contribution in [0.1, 0.15) is 26.7 Å². The molecule has 15 heavy (non-hydrogen) atoms. The monoisotopic (exact) mass is 226 g/mol. The predicted octanol–water partition coefficient (Wildman–Crippen LogP) is 1.43. The smallest absolute Gasteiger partial charge is 0.368 e. The van der Waals surface area contributed by atoms with E-state index in [9.17, 15) is 18.0 Å². The molecule has 0 heterocycles. The molecule has 3 N–H and O–H groups in total. The van der Waals surface area contributed by atoms with Crippen molar-refractivity contribution in [2.24, 2.45) is 11.7 Å². The Morgan fingerprint density at radius 3 is 2.27 bits per heavy atom. The molecule has 1 amide bonds. The van der Waals surface area contributed by atoms with Gasteiger partial charge in [-0.1, -0.05) is 13.8 Å². The predicted molar refractivity (Wildman–Crippen MR) is 51.1 cm³/mol. The van der Waals surface area contributed by atoms with Gasteiger partial charge in [-0.15, -0.1) is 0 Å². The van der Waals surface area contributed by atoms with Crippen LogP contribution >= 0.6 is 0 Å². The van der Waals surface area contributed by atoms with Crippen molar-refractivity contribution in [3.8, 4) is 0 Å². The van der Waals surface area contributed by atoms with Gasteiger partial charge in [-0.05, 0) is 18.9 Å². The normalized spacial score (nSPS) is 14.3. The highest BCUT2D eigenvalue weighted by molar-refractivity contribution is 5.80. The Kier molecular flexibility index (Phi) is 5.64. The molecular weight excluding hydrogens is 209 g/mol. The van der Waals surface area contributed by atoms with Crippen molar-refractivity contribution >= 4 is 5.91 Å². The topological polar surface area (TPSA) is 55.1 Å². The third kappa shape index (κ3) is 7.18. The molecule has 6 heteroatoms. The third-order valence-corrected chi connectivity index (χ3v) is 1.97. The van der Waals surface area contributed by atoms with Gasteiger partial charge >= 0.3 is 6.18 Å². The van der Waals surface area contributed by atoms with E-state index in [0.717, 1.165) is 0 Å². The lowest BCUT2D eigenvalue weighted by Crippen LogP contribution is -2.45. The summed E-state index contributed by atoms with van der Waals surface area (Å²) in [6, 6.07) is -0.557. The summed E-state index contributed by atoms with van der Waals surface area (Å²) in [6.07, 6.45) is -5.02. The first-order valence-electron chi connectivity index (χ1n) is 4.83. The number of rotatable bonds is 6. The van der Waals surface area contributed by atoms with Crippen molar-refractivity contribution in [2.75, 3.05) is 6.54 Å². The first-order valence-corrected chi connectivity index (χ1v) is 4.83. The van der Waals surface area contributed by atoms with E-state index in [1.807, 2.05) is 0 Å². The van der Waals surface area contributed by atoms with E-state index in [1.165, 1.54) is 0 Å². The van der Waals surface area contributed by atoms with Gasteiger partial charge in [-0.25, -0.2) is 0 Å². The quantitative estimate of drug-likeness (QED) is 0.673. The van der Waals surface area contributed by atoms with Gasteiger partial charge in [0.05, 0.1) is 6.04 Å². The van der Waals surface area contributed by atoms with Crippen LogP contribution in [0.4, 0.5) is 13.2 Å². The van der Waals surface area contributed by atoms with Crippen LogP contribution < -0.4 is 11.1 Å². The van der Waals surface area contributed by atoms with Crippen LogP contribution in [0.2, 0.25) is 0 Å². The number of hydrogen-bond donors (Lipinski definition) is 2. The fourth-order valence-electron chi connectivity index (χ4n) is 1.21. The number of primary amides is 1. The van der Waals surface area contributed by atoms with E-state index in [-0.39, 0.29) is 18.9 Å². The number of alkyl halides is 3. The van der Waals surface area contributed by atoms with Crippen molar-refractivity contribution in [1.29, 1.82) is 0 Å². The van der Waals surface area contributed by atoms with Crippen LogP contribution in [0, 0.1) is 5.92 Å². The van der Waals surface area contributed by atoms with E-state index in [0.29, 0.717) is 0 Å². The van der Waals surface area contributed by atoms with Gasteiger partial charge in [-0.3, -0.25) is 4.79 Å². The van der Waals surface area contributed by atoms with Crippen LogP contribution in [0.3, 0.4) is 0 Å². The van der Waals surface area contributed by atoms with Crippen molar-refractivity contribution in [2.45, 2.75) is 38.9 Å². The summed E-state index contributed by atoms with van der Waals surface area (Å²) in [5.74, 6) is -0.551. The summed E-state index contributed by atoms with van der Waals surface area (Å²) in [7, 11) is 0. The number of hydrogen-bond acceptors (Lipinski definition) is 2. The van der Waals surface area contributed by atoms with Gasteiger partial charge < -0.3 is 11.1 Å². The summed E-state index contributed by atoms with van der Waals surface area (Å²) in [5.41, 5.74) is 5.08. The minimum absolute atomic E-state index is 0.0200. The highest BCUT2D eigenvalue weighted by Crippen LogP contribution is 2.20. The van der Waals surface area contributed by atoms with Crippen LogP contribution in [-0.4, -0.2) is 24.7 Å².